The Bertz CT molecular complexity index is 308. The zero-order chi connectivity index (χ0) is 14.3. The molecule has 0 saturated carbocycles. The van der Waals surface area contributed by atoms with E-state index in [0.717, 1.165) is 12.8 Å². The highest BCUT2D eigenvalue weighted by atomic mass is 16.3. The van der Waals surface area contributed by atoms with Gasteiger partial charge in [-0.2, -0.15) is 0 Å². The maximum atomic E-state index is 11.5. The first-order valence-electron chi connectivity index (χ1n) is 6.44. The van der Waals surface area contributed by atoms with Crippen LogP contribution in [0.2, 0.25) is 0 Å². The number of ketones is 1. The maximum absolute atomic E-state index is 11.5. The van der Waals surface area contributed by atoms with Crippen LogP contribution in [0.3, 0.4) is 0 Å². The first-order valence-corrected chi connectivity index (χ1v) is 6.44. The molecule has 0 saturated heterocycles. The summed E-state index contributed by atoms with van der Waals surface area (Å²) in [5.74, 6) is 0.104. The number of hydrogen-bond donors (Lipinski definition) is 1. The molecule has 0 aromatic heterocycles. The summed E-state index contributed by atoms with van der Waals surface area (Å²) >= 11 is 0. The van der Waals surface area contributed by atoms with Crippen LogP contribution in [0.5, 0.6) is 0 Å². The third-order valence-electron chi connectivity index (χ3n) is 3.28. The second-order valence-corrected chi connectivity index (χ2v) is 5.27. The molecule has 0 fully saturated rings. The highest BCUT2D eigenvalue weighted by Crippen LogP contribution is 2.19. The van der Waals surface area contributed by atoms with Crippen LogP contribution in [0.1, 0.15) is 33.6 Å². The fourth-order valence-electron chi connectivity index (χ4n) is 2.13. The van der Waals surface area contributed by atoms with Gasteiger partial charge in [0.05, 0.1) is 12.1 Å². The lowest BCUT2D eigenvalue weighted by Gasteiger charge is -2.30. The first kappa shape index (κ1) is 17.1. The number of likely N-dealkylation sites (N-methyl/N-ethyl adjacent to an activating group) is 1. The van der Waals surface area contributed by atoms with Crippen LogP contribution in [0.4, 0.5) is 0 Å². The molecule has 0 bridgehead atoms. The highest BCUT2D eigenvalue weighted by molar-refractivity contribution is 5.82. The largest absolute Gasteiger partial charge is 0.391 e. The third-order valence-corrected chi connectivity index (χ3v) is 3.28. The van der Waals surface area contributed by atoms with E-state index in [1.165, 1.54) is 12.5 Å². The monoisotopic (exact) mass is 253 g/mol. The molecule has 0 aromatic carbocycles. The van der Waals surface area contributed by atoms with E-state index in [1.807, 2.05) is 27.1 Å². The van der Waals surface area contributed by atoms with E-state index >= 15 is 0 Å². The SMILES string of the molecule is C=CC=C(C)CC[C@@H](C)[C@@H](O)[C@@H](C(C)=O)N(C)C. The molecule has 104 valence electrons. The van der Waals surface area contributed by atoms with Crippen molar-refractivity contribution in [1.29, 1.82) is 0 Å². The molecule has 0 aliphatic heterocycles. The van der Waals surface area contributed by atoms with Gasteiger partial charge in [0, 0.05) is 0 Å². The van der Waals surface area contributed by atoms with Crippen LogP contribution in [0.15, 0.2) is 24.3 Å². The Morgan fingerprint density at radius 2 is 1.94 bits per heavy atom. The van der Waals surface area contributed by atoms with Gasteiger partial charge in [0.1, 0.15) is 5.78 Å². The van der Waals surface area contributed by atoms with E-state index < -0.39 is 12.1 Å². The van der Waals surface area contributed by atoms with E-state index in [4.69, 9.17) is 0 Å². The molecule has 0 rings (SSSR count). The van der Waals surface area contributed by atoms with Crippen LogP contribution in [0.25, 0.3) is 0 Å². The van der Waals surface area contributed by atoms with E-state index in [0.29, 0.717) is 0 Å². The average Bonchev–Trinajstić information content (AvgIpc) is 2.25. The van der Waals surface area contributed by atoms with Gasteiger partial charge < -0.3 is 5.11 Å². The van der Waals surface area contributed by atoms with Crippen molar-refractivity contribution in [2.45, 2.75) is 45.8 Å². The van der Waals surface area contributed by atoms with Gasteiger partial charge in [0.25, 0.3) is 0 Å². The molecule has 0 amide bonds. The molecule has 1 N–H and O–H groups in total. The molecule has 0 unspecified atom stereocenters. The number of rotatable bonds is 8. The van der Waals surface area contributed by atoms with Crippen LogP contribution in [-0.4, -0.2) is 42.0 Å². The number of aliphatic hydroxyl groups is 1. The molecule has 0 heterocycles. The van der Waals surface area contributed by atoms with Gasteiger partial charge in [0.2, 0.25) is 0 Å². The van der Waals surface area contributed by atoms with E-state index in [9.17, 15) is 9.90 Å². The van der Waals surface area contributed by atoms with Crippen LogP contribution in [0, 0.1) is 5.92 Å². The number of Topliss-reactive ketones (excluding diaryl/α,β-unsaturated/α-hetero) is 1. The highest BCUT2D eigenvalue weighted by Gasteiger charge is 2.29. The molecule has 0 radical (unpaired) electrons. The zero-order valence-corrected chi connectivity index (χ0v) is 12.3. The Morgan fingerprint density at radius 1 is 1.39 bits per heavy atom. The molecule has 3 atom stereocenters. The van der Waals surface area contributed by atoms with Crippen molar-refractivity contribution in [1.82, 2.24) is 4.90 Å². The quantitative estimate of drug-likeness (QED) is 0.675. The molecule has 0 aliphatic carbocycles. The van der Waals surface area contributed by atoms with Crippen LogP contribution in [-0.2, 0) is 4.79 Å². The number of allylic oxidation sites excluding steroid dienone is 3. The summed E-state index contributed by atoms with van der Waals surface area (Å²) in [4.78, 5) is 13.3. The number of carbonyl (C=O) groups is 1. The van der Waals surface area contributed by atoms with E-state index in [2.05, 4.69) is 13.5 Å². The number of aliphatic hydroxyl groups excluding tert-OH is 1. The topological polar surface area (TPSA) is 40.5 Å². The zero-order valence-electron chi connectivity index (χ0n) is 12.3. The van der Waals surface area contributed by atoms with Crippen LogP contribution >= 0.6 is 0 Å². The van der Waals surface area contributed by atoms with Crippen molar-refractivity contribution in [3.63, 3.8) is 0 Å². The van der Waals surface area contributed by atoms with Gasteiger partial charge in [-0.25, -0.2) is 0 Å². The average molecular weight is 253 g/mol. The van der Waals surface area contributed by atoms with Crippen molar-refractivity contribution >= 4 is 5.78 Å². The first-order chi connectivity index (χ1) is 8.31. The predicted octanol–water partition coefficient (Wildman–Crippen LogP) is 2.42. The van der Waals surface area contributed by atoms with Crippen LogP contribution < -0.4 is 0 Å². The van der Waals surface area contributed by atoms with E-state index in [-0.39, 0.29) is 11.7 Å². The van der Waals surface area contributed by atoms with Crippen molar-refractivity contribution in [3.8, 4) is 0 Å². The summed E-state index contributed by atoms with van der Waals surface area (Å²) in [7, 11) is 3.65. The van der Waals surface area contributed by atoms with Gasteiger partial charge in [-0.05, 0) is 46.7 Å². The fraction of sp³-hybridized carbons (Fsp3) is 0.667. The summed E-state index contributed by atoms with van der Waals surface area (Å²) < 4.78 is 0. The Morgan fingerprint density at radius 3 is 2.33 bits per heavy atom. The minimum atomic E-state index is -0.617. The standard InChI is InChI=1S/C15H27NO2/c1-7-8-11(2)9-10-12(3)15(18)14(13(4)17)16(5)6/h7-8,12,14-15,18H,1,9-10H2,2-6H3/t12-,14-,15-/m1/s1. The van der Waals surface area contributed by atoms with Crippen molar-refractivity contribution in [2.75, 3.05) is 14.1 Å². The molecule has 3 nitrogen and oxygen atoms in total. The van der Waals surface area contributed by atoms with Gasteiger partial charge in [-0.15, -0.1) is 0 Å². The van der Waals surface area contributed by atoms with Crippen molar-refractivity contribution in [2.24, 2.45) is 5.92 Å². The molecule has 18 heavy (non-hydrogen) atoms. The lowest BCUT2D eigenvalue weighted by atomic mass is 9.90. The Kier molecular flexibility index (Phi) is 7.80. The summed E-state index contributed by atoms with van der Waals surface area (Å²) in [6.07, 6.45) is 4.92. The molecule has 0 aliphatic rings. The fourth-order valence-corrected chi connectivity index (χ4v) is 2.13. The second-order valence-electron chi connectivity index (χ2n) is 5.27. The molecule has 3 heteroatoms. The molecular formula is C15H27NO2. The van der Waals surface area contributed by atoms with Crippen molar-refractivity contribution < 1.29 is 9.90 Å². The normalized spacial score (nSPS) is 17.4. The van der Waals surface area contributed by atoms with Gasteiger partial charge in [-0.3, -0.25) is 9.69 Å². The lowest BCUT2D eigenvalue weighted by molar-refractivity contribution is -0.126. The predicted molar refractivity (Wildman–Crippen MR) is 76.5 cm³/mol. The maximum Gasteiger partial charge on any atom is 0.149 e. The Balaban J connectivity index is 4.48. The summed E-state index contributed by atoms with van der Waals surface area (Å²) in [5.41, 5.74) is 1.24. The smallest absolute Gasteiger partial charge is 0.149 e. The van der Waals surface area contributed by atoms with Crippen molar-refractivity contribution in [3.05, 3.63) is 24.3 Å². The van der Waals surface area contributed by atoms with Gasteiger partial charge in [0.15, 0.2) is 0 Å². The Hall–Kier alpha value is -0.930. The lowest BCUT2D eigenvalue weighted by Crippen LogP contribution is -2.47. The molecular weight excluding hydrogens is 226 g/mol. The second kappa shape index (κ2) is 8.22. The Labute approximate surface area is 111 Å². The molecule has 0 spiro atoms. The molecule has 0 aromatic rings. The number of nitrogens with zero attached hydrogens (tertiary/aromatic N) is 1. The summed E-state index contributed by atoms with van der Waals surface area (Å²) in [6.45, 7) is 9.23. The number of carbonyl (C=O) groups excluding carboxylic acids is 1. The minimum Gasteiger partial charge on any atom is -0.391 e. The third kappa shape index (κ3) is 5.61. The minimum absolute atomic E-state index is 0.0118. The van der Waals surface area contributed by atoms with Gasteiger partial charge >= 0.3 is 0 Å². The summed E-state index contributed by atoms with van der Waals surface area (Å²) in [5, 5.41) is 10.3. The summed E-state index contributed by atoms with van der Waals surface area (Å²) in [6, 6.07) is -0.413. The number of hydrogen-bond acceptors (Lipinski definition) is 3. The van der Waals surface area contributed by atoms with E-state index in [1.54, 1.807) is 11.0 Å². The van der Waals surface area contributed by atoms with Gasteiger partial charge in [-0.1, -0.05) is 31.2 Å².